The molecule has 1 aliphatic rings. The third kappa shape index (κ3) is 1.47. The molecule has 78 valence electrons. The lowest BCUT2D eigenvalue weighted by Crippen LogP contribution is -1.85. The average molecular weight is 210 g/mol. The standard InChI is InChI=1S/C12H10N4/c13-7-11-12(15-16-14-11)10-3-1-2-9(6-10)8-4-5-8/h1-3,6,8H,4-5H2,(H,14,15,16). The van der Waals surface area contributed by atoms with Gasteiger partial charge in [0.25, 0.3) is 0 Å². The van der Waals surface area contributed by atoms with Gasteiger partial charge in [-0.15, -0.1) is 5.10 Å². The van der Waals surface area contributed by atoms with Gasteiger partial charge in [0.2, 0.25) is 0 Å². The summed E-state index contributed by atoms with van der Waals surface area (Å²) in [6.07, 6.45) is 2.54. The number of nitrogens with one attached hydrogen (secondary N) is 1. The summed E-state index contributed by atoms with van der Waals surface area (Å²) in [5.74, 6) is 0.706. The van der Waals surface area contributed by atoms with Crippen molar-refractivity contribution >= 4 is 0 Å². The number of hydrogen-bond donors (Lipinski definition) is 1. The monoisotopic (exact) mass is 210 g/mol. The summed E-state index contributed by atoms with van der Waals surface area (Å²) >= 11 is 0. The predicted octanol–water partition coefficient (Wildman–Crippen LogP) is 2.22. The largest absolute Gasteiger partial charge is 0.247 e. The van der Waals surface area contributed by atoms with E-state index in [1.807, 2.05) is 12.1 Å². The van der Waals surface area contributed by atoms with Gasteiger partial charge in [0.05, 0.1) is 0 Å². The van der Waals surface area contributed by atoms with Gasteiger partial charge in [0, 0.05) is 5.56 Å². The number of benzene rings is 1. The zero-order valence-corrected chi connectivity index (χ0v) is 8.64. The number of aromatic amines is 1. The second-order valence-corrected chi connectivity index (χ2v) is 4.05. The van der Waals surface area contributed by atoms with Gasteiger partial charge < -0.3 is 0 Å². The zero-order valence-electron chi connectivity index (χ0n) is 8.64. The van der Waals surface area contributed by atoms with E-state index in [4.69, 9.17) is 5.26 Å². The Morgan fingerprint density at radius 2 is 2.25 bits per heavy atom. The van der Waals surface area contributed by atoms with Crippen molar-refractivity contribution in [1.82, 2.24) is 15.4 Å². The molecule has 1 aliphatic carbocycles. The van der Waals surface area contributed by atoms with Crippen molar-refractivity contribution in [1.29, 1.82) is 5.26 Å². The lowest BCUT2D eigenvalue weighted by Gasteiger charge is -2.01. The van der Waals surface area contributed by atoms with E-state index in [9.17, 15) is 0 Å². The Labute approximate surface area is 92.9 Å². The van der Waals surface area contributed by atoms with Crippen LogP contribution in [0.5, 0.6) is 0 Å². The van der Waals surface area contributed by atoms with Crippen LogP contribution in [0.2, 0.25) is 0 Å². The van der Waals surface area contributed by atoms with Crippen molar-refractivity contribution in [3.8, 4) is 17.3 Å². The molecule has 0 atom stereocenters. The summed E-state index contributed by atoms with van der Waals surface area (Å²) in [4.78, 5) is 0. The van der Waals surface area contributed by atoms with Crippen LogP contribution in [-0.2, 0) is 0 Å². The van der Waals surface area contributed by atoms with Gasteiger partial charge in [-0.2, -0.15) is 5.26 Å². The highest BCUT2D eigenvalue weighted by molar-refractivity contribution is 5.65. The quantitative estimate of drug-likeness (QED) is 0.826. The summed E-state index contributed by atoms with van der Waals surface area (Å²) in [6, 6.07) is 10.3. The van der Waals surface area contributed by atoms with E-state index in [1.54, 1.807) is 0 Å². The molecular formula is C12H10N4. The molecule has 0 unspecified atom stereocenters. The van der Waals surface area contributed by atoms with Crippen LogP contribution >= 0.6 is 0 Å². The van der Waals surface area contributed by atoms with E-state index in [0.29, 0.717) is 17.3 Å². The van der Waals surface area contributed by atoms with Crippen molar-refractivity contribution < 1.29 is 0 Å². The second kappa shape index (κ2) is 3.46. The Bertz CT molecular complexity index is 560. The van der Waals surface area contributed by atoms with E-state index in [2.05, 4.69) is 33.6 Å². The van der Waals surface area contributed by atoms with Crippen molar-refractivity contribution in [3.05, 3.63) is 35.5 Å². The lowest BCUT2D eigenvalue weighted by atomic mass is 10.0. The maximum absolute atomic E-state index is 8.90. The maximum Gasteiger partial charge on any atom is 0.163 e. The van der Waals surface area contributed by atoms with E-state index >= 15 is 0 Å². The highest BCUT2D eigenvalue weighted by Crippen LogP contribution is 2.41. The van der Waals surface area contributed by atoms with Crippen LogP contribution in [0, 0.1) is 11.3 Å². The molecule has 16 heavy (non-hydrogen) atoms. The van der Waals surface area contributed by atoms with Crippen LogP contribution < -0.4 is 0 Å². The SMILES string of the molecule is N#Cc1[nH]nnc1-c1cccc(C2CC2)c1. The minimum Gasteiger partial charge on any atom is -0.247 e. The number of H-pyrrole nitrogens is 1. The first-order valence-electron chi connectivity index (χ1n) is 5.30. The Morgan fingerprint density at radius 3 is 3.00 bits per heavy atom. The third-order valence-electron chi connectivity index (χ3n) is 2.87. The summed E-state index contributed by atoms with van der Waals surface area (Å²) in [6.45, 7) is 0. The number of aromatic nitrogens is 3. The van der Waals surface area contributed by atoms with Crippen LogP contribution in [-0.4, -0.2) is 15.4 Å². The minimum absolute atomic E-state index is 0.424. The van der Waals surface area contributed by atoms with Crippen molar-refractivity contribution in [3.63, 3.8) is 0 Å². The highest BCUT2D eigenvalue weighted by atomic mass is 15.3. The first-order valence-corrected chi connectivity index (χ1v) is 5.30. The minimum atomic E-state index is 0.424. The fraction of sp³-hybridized carbons (Fsp3) is 0.250. The number of nitriles is 1. The second-order valence-electron chi connectivity index (χ2n) is 4.05. The van der Waals surface area contributed by atoms with E-state index < -0.39 is 0 Å². The van der Waals surface area contributed by atoms with Crippen LogP contribution in [0.25, 0.3) is 11.3 Å². The van der Waals surface area contributed by atoms with Gasteiger partial charge in [-0.1, -0.05) is 23.4 Å². The molecule has 1 aromatic heterocycles. The van der Waals surface area contributed by atoms with Crippen LogP contribution in [0.4, 0.5) is 0 Å². The Hall–Kier alpha value is -2.15. The molecule has 0 radical (unpaired) electrons. The van der Waals surface area contributed by atoms with Crippen molar-refractivity contribution in [2.45, 2.75) is 18.8 Å². The first-order chi connectivity index (χ1) is 7.88. The first kappa shape index (κ1) is 9.10. The van der Waals surface area contributed by atoms with E-state index in [1.165, 1.54) is 18.4 Å². The molecule has 1 saturated carbocycles. The zero-order chi connectivity index (χ0) is 11.0. The fourth-order valence-electron chi connectivity index (χ4n) is 1.86. The molecule has 1 aromatic carbocycles. The van der Waals surface area contributed by atoms with Gasteiger partial charge >= 0.3 is 0 Å². The lowest BCUT2D eigenvalue weighted by molar-refractivity contribution is 0.937. The van der Waals surface area contributed by atoms with E-state index in [0.717, 1.165) is 5.56 Å². The molecule has 0 amide bonds. The van der Waals surface area contributed by atoms with Crippen LogP contribution in [0.15, 0.2) is 24.3 Å². The summed E-state index contributed by atoms with van der Waals surface area (Å²) in [5, 5.41) is 19.1. The van der Waals surface area contributed by atoms with Gasteiger partial charge in [0.15, 0.2) is 5.69 Å². The third-order valence-corrected chi connectivity index (χ3v) is 2.87. The predicted molar refractivity (Wildman–Crippen MR) is 58.5 cm³/mol. The molecule has 3 rings (SSSR count). The Balaban J connectivity index is 2.06. The van der Waals surface area contributed by atoms with Crippen molar-refractivity contribution in [2.75, 3.05) is 0 Å². The van der Waals surface area contributed by atoms with E-state index in [-0.39, 0.29) is 0 Å². The molecule has 0 spiro atoms. The van der Waals surface area contributed by atoms with Crippen LogP contribution in [0.3, 0.4) is 0 Å². The maximum atomic E-state index is 8.90. The van der Waals surface area contributed by atoms with Gasteiger partial charge in [-0.3, -0.25) is 0 Å². The number of nitrogens with zero attached hydrogens (tertiary/aromatic N) is 3. The molecule has 2 aromatic rings. The smallest absolute Gasteiger partial charge is 0.163 e. The van der Waals surface area contributed by atoms with Gasteiger partial charge in [0.1, 0.15) is 11.8 Å². The topological polar surface area (TPSA) is 65.4 Å². The van der Waals surface area contributed by atoms with Gasteiger partial charge in [-0.05, 0) is 30.4 Å². The Morgan fingerprint density at radius 1 is 1.38 bits per heavy atom. The molecule has 0 bridgehead atoms. The Kier molecular flexibility index (Phi) is 1.97. The summed E-state index contributed by atoms with van der Waals surface area (Å²) < 4.78 is 0. The van der Waals surface area contributed by atoms with Crippen LogP contribution in [0.1, 0.15) is 30.0 Å². The molecule has 1 fully saturated rings. The molecule has 1 N–H and O–H groups in total. The number of hydrogen-bond acceptors (Lipinski definition) is 3. The average Bonchev–Trinajstić information content (AvgIpc) is 3.07. The van der Waals surface area contributed by atoms with Gasteiger partial charge in [-0.25, -0.2) is 5.10 Å². The fourth-order valence-corrected chi connectivity index (χ4v) is 1.86. The molecule has 4 nitrogen and oxygen atoms in total. The molecule has 4 heteroatoms. The van der Waals surface area contributed by atoms with Crippen molar-refractivity contribution in [2.24, 2.45) is 0 Å². The molecular weight excluding hydrogens is 200 g/mol. The highest BCUT2D eigenvalue weighted by Gasteiger charge is 2.23. The molecule has 1 heterocycles. The normalized spacial score (nSPS) is 14.7. The summed E-state index contributed by atoms with van der Waals surface area (Å²) in [7, 11) is 0. The molecule has 0 aliphatic heterocycles. The summed E-state index contributed by atoms with van der Waals surface area (Å²) in [5.41, 5.74) is 3.37. The number of rotatable bonds is 2. The molecule has 0 saturated heterocycles.